The van der Waals surface area contributed by atoms with E-state index in [4.69, 9.17) is 4.74 Å². The van der Waals surface area contributed by atoms with E-state index in [-0.39, 0.29) is 0 Å². The van der Waals surface area contributed by atoms with Gasteiger partial charge in [0.25, 0.3) is 0 Å². The molecule has 1 saturated carbocycles. The summed E-state index contributed by atoms with van der Waals surface area (Å²) < 4.78 is 5.36. The standard InChI is InChI=1S/C11H21NO/c1-12(2)11(8-10-9-13-10)6-4-3-5-7-11/h10H,3-9H2,1-2H3. The monoisotopic (exact) mass is 183 g/mol. The van der Waals surface area contributed by atoms with E-state index in [9.17, 15) is 0 Å². The van der Waals surface area contributed by atoms with E-state index in [1.165, 1.54) is 38.5 Å². The summed E-state index contributed by atoms with van der Waals surface area (Å²) in [7, 11) is 4.46. The first kappa shape index (κ1) is 9.47. The van der Waals surface area contributed by atoms with Crippen molar-refractivity contribution in [2.24, 2.45) is 0 Å². The van der Waals surface area contributed by atoms with Gasteiger partial charge in [-0.05, 0) is 33.4 Å². The molecular formula is C11H21NO. The molecule has 2 aliphatic rings. The molecule has 0 bridgehead atoms. The minimum Gasteiger partial charge on any atom is -0.373 e. The maximum Gasteiger partial charge on any atom is 0.0827 e. The number of nitrogens with zero attached hydrogens (tertiary/aromatic N) is 1. The van der Waals surface area contributed by atoms with Crippen molar-refractivity contribution in [2.75, 3.05) is 20.7 Å². The van der Waals surface area contributed by atoms with Gasteiger partial charge >= 0.3 is 0 Å². The fourth-order valence-electron chi connectivity index (χ4n) is 2.65. The molecule has 1 heterocycles. The summed E-state index contributed by atoms with van der Waals surface area (Å²) in [5.41, 5.74) is 0.472. The lowest BCUT2D eigenvalue weighted by Crippen LogP contribution is -2.46. The van der Waals surface area contributed by atoms with Crippen molar-refractivity contribution in [3.05, 3.63) is 0 Å². The van der Waals surface area contributed by atoms with Gasteiger partial charge in [0, 0.05) is 5.54 Å². The van der Waals surface area contributed by atoms with Gasteiger partial charge in [-0.3, -0.25) is 0 Å². The van der Waals surface area contributed by atoms with Gasteiger partial charge in [-0.1, -0.05) is 19.3 Å². The van der Waals surface area contributed by atoms with Crippen molar-refractivity contribution < 1.29 is 4.74 Å². The van der Waals surface area contributed by atoms with Crippen molar-refractivity contribution in [1.29, 1.82) is 0 Å². The molecule has 76 valence electrons. The summed E-state index contributed by atoms with van der Waals surface area (Å²) in [6.07, 6.45) is 8.84. The second-order valence-electron chi connectivity index (χ2n) is 4.84. The minimum absolute atomic E-state index is 0.472. The Morgan fingerprint density at radius 1 is 1.23 bits per heavy atom. The Labute approximate surface area is 81.3 Å². The fourth-order valence-corrected chi connectivity index (χ4v) is 2.65. The highest BCUT2D eigenvalue weighted by atomic mass is 16.6. The van der Waals surface area contributed by atoms with E-state index in [2.05, 4.69) is 19.0 Å². The highest BCUT2D eigenvalue weighted by Crippen LogP contribution is 2.38. The Morgan fingerprint density at radius 3 is 2.31 bits per heavy atom. The summed E-state index contributed by atoms with van der Waals surface area (Å²) in [5, 5.41) is 0. The summed E-state index contributed by atoms with van der Waals surface area (Å²) in [6, 6.07) is 0. The minimum atomic E-state index is 0.472. The van der Waals surface area contributed by atoms with Crippen molar-refractivity contribution in [3.8, 4) is 0 Å². The van der Waals surface area contributed by atoms with Crippen LogP contribution in [0.5, 0.6) is 0 Å². The molecule has 1 aliphatic carbocycles. The molecule has 1 aliphatic heterocycles. The van der Waals surface area contributed by atoms with Crippen molar-refractivity contribution in [3.63, 3.8) is 0 Å². The zero-order chi connectivity index (χ0) is 9.31. The average Bonchev–Trinajstić information content (AvgIpc) is 2.90. The molecule has 0 aromatic carbocycles. The molecule has 1 saturated heterocycles. The van der Waals surface area contributed by atoms with Gasteiger partial charge in [-0.2, -0.15) is 0 Å². The summed E-state index contributed by atoms with van der Waals surface area (Å²) in [6.45, 7) is 1.01. The molecule has 0 spiro atoms. The van der Waals surface area contributed by atoms with Crippen molar-refractivity contribution in [1.82, 2.24) is 4.90 Å². The van der Waals surface area contributed by atoms with Gasteiger partial charge in [-0.25, -0.2) is 0 Å². The van der Waals surface area contributed by atoms with Crippen LogP contribution < -0.4 is 0 Å². The first-order chi connectivity index (χ1) is 6.23. The topological polar surface area (TPSA) is 15.8 Å². The van der Waals surface area contributed by atoms with E-state index in [0.29, 0.717) is 11.6 Å². The molecule has 0 aromatic rings. The molecule has 2 heteroatoms. The molecule has 0 N–H and O–H groups in total. The van der Waals surface area contributed by atoms with E-state index in [1.54, 1.807) is 0 Å². The average molecular weight is 183 g/mol. The first-order valence-corrected chi connectivity index (χ1v) is 5.52. The van der Waals surface area contributed by atoms with Gasteiger partial charge in [0.15, 0.2) is 0 Å². The molecule has 13 heavy (non-hydrogen) atoms. The van der Waals surface area contributed by atoms with Gasteiger partial charge < -0.3 is 9.64 Å². The quantitative estimate of drug-likeness (QED) is 0.622. The van der Waals surface area contributed by atoms with Crippen LogP contribution in [0.4, 0.5) is 0 Å². The van der Waals surface area contributed by atoms with Gasteiger partial charge in [0.05, 0.1) is 12.7 Å². The van der Waals surface area contributed by atoms with Gasteiger partial charge in [0.1, 0.15) is 0 Å². The number of epoxide rings is 1. The third-order valence-corrected chi connectivity index (χ3v) is 3.74. The van der Waals surface area contributed by atoms with Crippen LogP contribution in [0.1, 0.15) is 38.5 Å². The second kappa shape index (κ2) is 3.58. The predicted molar refractivity (Wildman–Crippen MR) is 53.9 cm³/mol. The molecular weight excluding hydrogens is 162 g/mol. The van der Waals surface area contributed by atoms with E-state index in [0.717, 1.165) is 6.61 Å². The molecule has 1 unspecified atom stereocenters. The number of ether oxygens (including phenoxy) is 1. The zero-order valence-corrected chi connectivity index (χ0v) is 8.88. The molecule has 0 radical (unpaired) electrons. The number of rotatable bonds is 3. The third-order valence-electron chi connectivity index (χ3n) is 3.74. The summed E-state index contributed by atoms with van der Waals surface area (Å²) >= 11 is 0. The lowest BCUT2D eigenvalue weighted by Gasteiger charge is -2.43. The predicted octanol–water partition coefficient (Wildman–Crippen LogP) is 2.04. The van der Waals surface area contributed by atoms with Crippen LogP contribution in [0.15, 0.2) is 0 Å². The second-order valence-corrected chi connectivity index (χ2v) is 4.84. The van der Waals surface area contributed by atoms with Crippen molar-refractivity contribution in [2.45, 2.75) is 50.2 Å². The van der Waals surface area contributed by atoms with Gasteiger partial charge in [-0.15, -0.1) is 0 Å². The smallest absolute Gasteiger partial charge is 0.0827 e. The van der Waals surface area contributed by atoms with E-state index >= 15 is 0 Å². The Bertz CT molecular complexity index is 169. The fraction of sp³-hybridized carbons (Fsp3) is 1.00. The number of hydrogen-bond donors (Lipinski definition) is 0. The van der Waals surface area contributed by atoms with E-state index < -0.39 is 0 Å². The maximum atomic E-state index is 5.36. The molecule has 2 fully saturated rings. The van der Waals surface area contributed by atoms with Crippen LogP contribution >= 0.6 is 0 Å². The summed E-state index contributed by atoms with van der Waals surface area (Å²) in [5.74, 6) is 0. The Morgan fingerprint density at radius 2 is 1.85 bits per heavy atom. The Balaban J connectivity index is 1.98. The normalized spacial score (nSPS) is 32.1. The van der Waals surface area contributed by atoms with Crippen LogP contribution in [0, 0.1) is 0 Å². The molecule has 2 nitrogen and oxygen atoms in total. The lowest BCUT2D eigenvalue weighted by molar-refractivity contribution is 0.0811. The molecule has 0 amide bonds. The van der Waals surface area contributed by atoms with Crippen LogP contribution in [0.2, 0.25) is 0 Å². The summed E-state index contributed by atoms with van der Waals surface area (Å²) in [4.78, 5) is 2.44. The molecule has 2 rings (SSSR count). The SMILES string of the molecule is CN(C)C1(CC2CO2)CCCCC1. The Hall–Kier alpha value is -0.0800. The lowest BCUT2D eigenvalue weighted by atomic mass is 9.77. The molecule has 1 atom stereocenters. The highest BCUT2D eigenvalue weighted by Gasteiger charge is 2.40. The highest BCUT2D eigenvalue weighted by molar-refractivity contribution is 4.95. The maximum absolute atomic E-state index is 5.36. The van der Waals surface area contributed by atoms with Crippen LogP contribution in [0.3, 0.4) is 0 Å². The largest absolute Gasteiger partial charge is 0.373 e. The first-order valence-electron chi connectivity index (χ1n) is 5.52. The number of hydrogen-bond acceptors (Lipinski definition) is 2. The van der Waals surface area contributed by atoms with Crippen LogP contribution in [0.25, 0.3) is 0 Å². The van der Waals surface area contributed by atoms with Crippen LogP contribution in [-0.2, 0) is 4.74 Å². The Kier molecular flexibility index (Phi) is 2.61. The van der Waals surface area contributed by atoms with Crippen molar-refractivity contribution >= 4 is 0 Å². The van der Waals surface area contributed by atoms with Gasteiger partial charge in [0.2, 0.25) is 0 Å². The van der Waals surface area contributed by atoms with Crippen LogP contribution in [-0.4, -0.2) is 37.2 Å². The zero-order valence-electron chi connectivity index (χ0n) is 8.88. The molecule has 0 aromatic heterocycles. The third kappa shape index (κ3) is 2.05. The van der Waals surface area contributed by atoms with E-state index in [1.807, 2.05) is 0 Å².